The molecule has 0 spiro atoms. The zero-order valence-electron chi connectivity index (χ0n) is 11.9. The SMILES string of the molecule is CCc1cc(CN(C)C(C)(C)C(=O)O)n(CC)n1. The summed E-state index contributed by atoms with van der Waals surface area (Å²) in [5, 5.41) is 13.7. The van der Waals surface area contributed by atoms with Gasteiger partial charge in [-0.3, -0.25) is 14.4 Å². The molecule has 0 unspecified atom stereocenters. The molecule has 0 saturated heterocycles. The van der Waals surface area contributed by atoms with Crippen LogP contribution in [0, 0.1) is 0 Å². The first-order valence-corrected chi connectivity index (χ1v) is 6.33. The number of hydrogen-bond donors (Lipinski definition) is 1. The number of carbonyl (C=O) groups is 1. The van der Waals surface area contributed by atoms with Crippen molar-refractivity contribution in [3.63, 3.8) is 0 Å². The maximum atomic E-state index is 11.2. The number of aryl methyl sites for hydroxylation is 2. The molecule has 1 N–H and O–H groups in total. The van der Waals surface area contributed by atoms with Crippen LogP contribution in [0.1, 0.15) is 39.1 Å². The Labute approximate surface area is 108 Å². The number of hydrogen-bond acceptors (Lipinski definition) is 3. The van der Waals surface area contributed by atoms with E-state index in [4.69, 9.17) is 0 Å². The minimum Gasteiger partial charge on any atom is -0.480 e. The molecule has 1 aromatic rings. The topological polar surface area (TPSA) is 58.4 Å². The van der Waals surface area contributed by atoms with E-state index in [9.17, 15) is 9.90 Å². The lowest BCUT2D eigenvalue weighted by Gasteiger charge is -2.31. The van der Waals surface area contributed by atoms with Crippen LogP contribution >= 0.6 is 0 Å². The molecule has 0 aromatic carbocycles. The highest BCUT2D eigenvalue weighted by Gasteiger charge is 2.32. The van der Waals surface area contributed by atoms with E-state index >= 15 is 0 Å². The van der Waals surface area contributed by atoms with Gasteiger partial charge in [0.1, 0.15) is 5.54 Å². The Bertz CT molecular complexity index is 424. The molecule has 0 saturated carbocycles. The molecule has 102 valence electrons. The van der Waals surface area contributed by atoms with Gasteiger partial charge in [0, 0.05) is 13.1 Å². The Morgan fingerprint density at radius 2 is 2.11 bits per heavy atom. The van der Waals surface area contributed by atoms with Crippen LogP contribution in [0.3, 0.4) is 0 Å². The number of rotatable bonds is 6. The minimum absolute atomic E-state index is 0.583. The molecule has 0 fully saturated rings. The predicted octanol–water partition coefficient (Wildman–Crippen LogP) is 1.76. The van der Waals surface area contributed by atoms with E-state index in [1.807, 2.05) is 23.6 Å². The second-order valence-corrected chi connectivity index (χ2v) is 5.02. The standard InChI is InChI=1S/C13H23N3O2/c1-6-10-8-11(16(7-2)14-10)9-15(5)13(3,4)12(17)18/h8H,6-7,9H2,1-5H3,(H,17,18). The van der Waals surface area contributed by atoms with Crippen LogP contribution in [-0.2, 0) is 24.3 Å². The van der Waals surface area contributed by atoms with Crippen LogP contribution in [0.25, 0.3) is 0 Å². The first kappa shape index (κ1) is 14.7. The van der Waals surface area contributed by atoms with Crippen molar-refractivity contribution in [3.8, 4) is 0 Å². The first-order valence-electron chi connectivity index (χ1n) is 6.33. The third-order valence-electron chi connectivity index (χ3n) is 3.45. The predicted molar refractivity (Wildman–Crippen MR) is 70.5 cm³/mol. The van der Waals surface area contributed by atoms with Crippen molar-refractivity contribution in [2.75, 3.05) is 7.05 Å². The van der Waals surface area contributed by atoms with Crippen LogP contribution < -0.4 is 0 Å². The van der Waals surface area contributed by atoms with Crippen LogP contribution in [0.2, 0.25) is 0 Å². The molecule has 1 aromatic heterocycles. The molecule has 0 amide bonds. The normalized spacial score (nSPS) is 12.1. The summed E-state index contributed by atoms with van der Waals surface area (Å²) in [6.45, 7) is 8.91. The quantitative estimate of drug-likeness (QED) is 0.839. The van der Waals surface area contributed by atoms with Crippen molar-refractivity contribution in [3.05, 3.63) is 17.5 Å². The molecule has 0 aliphatic rings. The summed E-state index contributed by atoms with van der Waals surface area (Å²) in [6.07, 6.45) is 0.895. The summed E-state index contributed by atoms with van der Waals surface area (Å²) in [5.41, 5.74) is 1.23. The van der Waals surface area contributed by atoms with Gasteiger partial charge in [-0.2, -0.15) is 5.10 Å². The Kier molecular flexibility index (Phi) is 4.51. The van der Waals surface area contributed by atoms with Crippen molar-refractivity contribution in [2.24, 2.45) is 0 Å². The molecule has 1 rings (SSSR count). The molecular formula is C13H23N3O2. The van der Waals surface area contributed by atoms with Crippen molar-refractivity contribution in [1.29, 1.82) is 0 Å². The second kappa shape index (κ2) is 5.52. The molecule has 18 heavy (non-hydrogen) atoms. The van der Waals surface area contributed by atoms with Crippen molar-refractivity contribution >= 4 is 5.97 Å². The summed E-state index contributed by atoms with van der Waals surface area (Å²) in [4.78, 5) is 13.0. The smallest absolute Gasteiger partial charge is 0.323 e. The van der Waals surface area contributed by atoms with Gasteiger partial charge >= 0.3 is 5.97 Å². The van der Waals surface area contributed by atoms with Gasteiger partial charge in [-0.25, -0.2) is 0 Å². The van der Waals surface area contributed by atoms with Crippen molar-refractivity contribution in [2.45, 2.75) is 52.7 Å². The van der Waals surface area contributed by atoms with E-state index in [0.717, 1.165) is 24.4 Å². The van der Waals surface area contributed by atoms with E-state index < -0.39 is 11.5 Å². The number of carboxylic acid groups (broad SMARTS) is 1. The van der Waals surface area contributed by atoms with E-state index in [2.05, 4.69) is 18.1 Å². The van der Waals surface area contributed by atoms with Crippen LogP contribution in [0.5, 0.6) is 0 Å². The Hall–Kier alpha value is -1.36. The third-order valence-corrected chi connectivity index (χ3v) is 3.45. The van der Waals surface area contributed by atoms with Crippen molar-refractivity contribution < 1.29 is 9.90 Å². The fourth-order valence-corrected chi connectivity index (χ4v) is 1.69. The lowest BCUT2D eigenvalue weighted by Crippen LogP contribution is -2.47. The maximum absolute atomic E-state index is 11.2. The Morgan fingerprint density at radius 1 is 1.50 bits per heavy atom. The summed E-state index contributed by atoms with van der Waals surface area (Å²) in [7, 11) is 1.83. The van der Waals surface area contributed by atoms with Gasteiger partial charge in [-0.05, 0) is 40.3 Å². The second-order valence-electron chi connectivity index (χ2n) is 5.02. The van der Waals surface area contributed by atoms with Gasteiger partial charge in [0.15, 0.2) is 0 Å². The number of nitrogens with zero attached hydrogens (tertiary/aromatic N) is 3. The average Bonchev–Trinajstić information content (AvgIpc) is 2.71. The number of aromatic nitrogens is 2. The van der Waals surface area contributed by atoms with Gasteiger partial charge in [-0.1, -0.05) is 6.92 Å². The molecule has 0 aliphatic heterocycles. The fourth-order valence-electron chi connectivity index (χ4n) is 1.69. The highest BCUT2D eigenvalue weighted by atomic mass is 16.4. The average molecular weight is 253 g/mol. The lowest BCUT2D eigenvalue weighted by molar-refractivity contribution is -0.148. The van der Waals surface area contributed by atoms with Gasteiger partial charge in [0.2, 0.25) is 0 Å². The maximum Gasteiger partial charge on any atom is 0.323 e. The number of aliphatic carboxylic acids is 1. The summed E-state index contributed by atoms with van der Waals surface area (Å²) in [5.74, 6) is -0.816. The molecule has 5 nitrogen and oxygen atoms in total. The largest absolute Gasteiger partial charge is 0.480 e. The van der Waals surface area contributed by atoms with Gasteiger partial charge in [-0.15, -0.1) is 0 Å². The molecular weight excluding hydrogens is 230 g/mol. The molecule has 5 heteroatoms. The van der Waals surface area contributed by atoms with E-state index in [1.165, 1.54) is 0 Å². The molecule has 0 radical (unpaired) electrons. The summed E-state index contributed by atoms with van der Waals surface area (Å²) >= 11 is 0. The zero-order chi connectivity index (χ0) is 13.9. The molecule has 0 aliphatic carbocycles. The van der Waals surface area contributed by atoms with Crippen molar-refractivity contribution in [1.82, 2.24) is 14.7 Å². The van der Waals surface area contributed by atoms with Crippen LogP contribution in [0.15, 0.2) is 6.07 Å². The summed E-state index contributed by atoms with van der Waals surface area (Å²) in [6, 6.07) is 2.05. The first-order chi connectivity index (χ1) is 8.32. The fraction of sp³-hybridized carbons (Fsp3) is 0.692. The molecule has 0 atom stereocenters. The van der Waals surface area contributed by atoms with Crippen LogP contribution in [0.4, 0.5) is 0 Å². The zero-order valence-corrected chi connectivity index (χ0v) is 11.9. The number of carboxylic acids is 1. The van der Waals surface area contributed by atoms with Crippen LogP contribution in [-0.4, -0.2) is 38.3 Å². The highest BCUT2D eigenvalue weighted by molar-refractivity contribution is 5.77. The van der Waals surface area contributed by atoms with Gasteiger partial charge < -0.3 is 5.11 Å². The Balaban J connectivity index is 2.90. The lowest BCUT2D eigenvalue weighted by atomic mass is 10.0. The molecule has 1 heterocycles. The summed E-state index contributed by atoms with van der Waals surface area (Å²) < 4.78 is 1.94. The molecule has 0 bridgehead atoms. The van der Waals surface area contributed by atoms with E-state index in [1.54, 1.807) is 13.8 Å². The van der Waals surface area contributed by atoms with Gasteiger partial charge in [0.05, 0.1) is 11.4 Å². The Morgan fingerprint density at radius 3 is 2.56 bits per heavy atom. The minimum atomic E-state index is -0.880. The van der Waals surface area contributed by atoms with E-state index in [-0.39, 0.29) is 0 Å². The number of likely N-dealkylation sites (N-methyl/N-ethyl adjacent to an activating group) is 1. The monoisotopic (exact) mass is 253 g/mol. The highest BCUT2D eigenvalue weighted by Crippen LogP contribution is 2.17. The van der Waals surface area contributed by atoms with E-state index in [0.29, 0.717) is 6.54 Å². The van der Waals surface area contributed by atoms with Gasteiger partial charge in [0.25, 0.3) is 0 Å². The third kappa shape index (κ3) is 2.90.